The Kier molecular flexibility index (Phi) is 3.50. The lowest BCUT2D eigenvalue weighted by atomic mass is 9.92. The molecule has 98 valence electrons. The van der Waals surface area contributed by atoms with Crippen molar-refractivity contribution in [3.05, 3.63) is 17.6 Å². The summed E-state index contributed by atoms with van der Waals surface area (Å²) in [6.07, 6.45) is 4.80. The van der Waals surface area contributed by atoms with Crippen LogP contribution in [0, 0.1) is 5.41 Å². The number of nitrogens with one attached hydrogen (secondary N) is 2. The number of aromatic nitrogens is 2. The van der Waals surface area contributed by atoms with E-state index in [-0.39, 0.29) is 5.91 Å². The summed E-state index contributed by atoms with van der Waals surface area (Å²) in [6.45, 7) is 4.40. The Labute approximate surface area is 107 Å². The van der Waals surface area contributed by atoms with Crippen LogP contribution in [0.1, 0.15) is 31.5 Å². The minimum absolute atomic E-state index is 0.0284. The SMILES string of the molecule is CNC(=O)C(C)(C)CNc1ncnc2c1CCC2. The van der Waals surface area contributed by atoms with Crippen molar-refractivity contribution in [1.82, 2.24) is 15.3 Å². The summed E-state index contributed by atoms with van der Waals surface area (Å²) in [6, 6.07) is 0. The number of fused-ring (bicyclic) bond motifs is 1. The second-order valence-corrected chi connectivity index (χ2v) is 5.32. The maximum absolute atomic E-state index is 11.7. The molecule has 2 rings (SSSR count). The molecule has 1 aromatic heterocycles. The first-order valence-corrected chi connectivity index (χ1v) is 6.33. The van der Waals surface area contributed by atoms with Crippen LogP contribution in [-0.2, 0) is 17.6 Å². The summed E-state index contributed by atoms with van der Waals surface area (Å²) < 4.78 is 0. The van der Waals surface area contributed by atoms with Crippen LogP contribution in [-0.4, -0.2) is 29.5 Å². The number of anilines is 1. The van der Waals surface area contributed by atoms with Gasteiger partial charge in [-0.3, -0.25) is 4.79 Å². The van der Waals surface area contributed by atoms with Gasteiger partial charge >= 0.3 is 0 Å². The highest BCUT2D eigenvalue weighted by Crippen LogP contribution is 2.26. The normalized spacial score (nSPS) is 14.2. The zero-order valence-electron chi connectivity index (χ0n) is 11.2. The average Bonchev–Trinajstić information content (AvgIpc) is 2.84. The van der Waals surface area contributed by atoms with Crippen molar-refractivity contribution in [3.63, 3.8) is 0 Å². The third kappa shape index (κ3) is 2.44. The van der Waals surface area contributed by atoms with Gasteiger partial charge in [0.1, 0.15) is 12.1 Å². The van der Waals surface area contributed by atoms with Gasteiger partial charge in [-0.2, -0.15) is 0 Å². The van der Waals surface area contributed by atoms with Crippen molar-refractivity contribution in [2.75, 3.05) is 18.9 Å². The minimum Gasteiger partial charge on any atom is -0.369 e. The van der Waals surface area contributed by atoms with Gasteiger partial charge in [-0.15, -0.1) is 0 Å². The maximum atomic E-state index is 11.7. The van der Waals surface area contributed by atoms with Crippen LogP contribution < -0.4 is 10.6 Å². The topological polar surface area (TPSA) is 66.9 Å². The van der Waals surface area contributed by atoms with E-state index in [1.54, 1.807) is 13.4 Å². The van der Waals surface area contributed by atoms with Crippen molar-refractivity contribution < 1.29 is 4.79 Å². The summed E-state index contributed by atoms with van der Waals surface area (Å²) in [5.74, 6) is 0.912. The zero-order valence-corrected chi connectivity index (χ0v) is 11.2. The van der Waals surface area contributed by atoms with E-state index in [0.717, 1.165) is 30.8 Å². The van der Waals surface area contributed by atoms with Gasteiger partial charge in [0.05, 0.1) is 5.41 Å². The number of amides is 1. The highest BCUT2D eigenvalue weighted by Gasteiger charge is 2.27. The van der Waals surface area contributed by atoms with Crippen LogP contribution in [0.5, 0.6) is 0 Å². The number of aryl methyl sites for hydroxylation is 1. The van der Waals surface area contributed by atoms with E-state index in [4.69, 9.17) is 0 Å². The molecule has 0 unspecified atom stereocenters. The van der Waals surface area contributed by atoms with Crippen LogP contribution in [0.15, 0.2) is 6.33 Å². The lowest BCUT2D eigenvalue weighted by molar-refractivity contribution is -0.128. The summed E-state index contributed by atoms with van der Waals surface area (Å²) >= 11 is 0. The molecule has 0 fully saturated rings. The summed E-state index contributed by atoms with van der Waals surface area (Å²) in [5, 5.41) is 5.97. The smallest absolute Gasteiger partial charge is 0.227 e. The van der Waals surface area contributed by atoms with Crippen molar-refractivity contribution in [1.29, 1.82) is 0 Å². The molecule has 0 saturated heterocycles. The molecular formula is C13H20N4O. The second kappa shape index (κ2) is 4.92. The van der Waals surface area contributed by atoms with Crippen molar-refractivity contribution >= 4 is 11.7 Å². The molecule has 1 amide bonds. The van der Waals surface area contributed by atoms with Crippen LogP contribution >= 0.6 is 0 Å². The summed E-state index contributed by atoms with van der Waals surface area (Å²) in [7, 11) is 1.66. The first-order chi connectivity index (χ1) is 8.54. The summed E-state index contributed by atoms with van der Waals surface area (Å²) in [5.41, 5.74) is 1.90. The van der Waals surface area contributed by atoms with Gasteiger partial charge in [0.15, 0.2) is 0 Å². The fourth-order valence-electron chi connectivity index (χ4n) is 2.24. The van der Waals surface area contributed by atoms with E-state index in [0.29, 0.717) is 6.54 Å². The van der Waals surface area contributed by atoms with Gasteiger partial charge < -0.3 is 10.6 Å². The Morgan fingerprint density at radius 3 is 2.89 bits per heavy atom. The minimum atomic E-state index is -0.453. The number of nitrogens with zero attached hydrogens (tertiary/aromatic N) is 2. The van der Waals surface area contributed by atoms with E-state index in [9.17, 15) is 4.79 Å². The number of carbonyl (C=O) groups is 1. The third-order valence-corrected chi connectivity index (χ3v) is 3.41. The van der Waals surface area contributed by atoms with E-state index in [1.807, 2.05) is 13.8 Å². The third-order valence-electron chi connectivity index (χ3n) is 3.41. The average molecular weight is 248 g/mol. The Hall–Kier alpha value is -1.65. The molecule has 1 heterocycles. The molecule has 0 saturated carbocycles. The second-order valence-electron chi connectivity index (χ2n) is 5.32. The molecule has 0 aromatic carbocycles. The zero-order chi connectivity index (χ0) is 13.2. The van der Waals surface area contributed by atoms with Crippen molar-refractivity contribution in [2.45, 2.75) is 33.1 Å². The molecule has 18 heavy (non-hydrogen) atoms. The quantitative estimate of drug-likeness (QED) is 0.839. The lowest BCUT2D eigenvalue weighted by Gasteiger charge is -2.23. The summed E-state index contributed by atoms with van der Waals surface area (Å²) in [4.78, 5) is 20.3. The molecule has 1 aliphatic carbocycles. The van der Waals surface area contributed by atoms with Gasteiger partial charge in [-0.25, -0.2) is 9.97 Å². The van der Waals surface area contributed by atoms with Crippen molar-refractivity contribution in [3.8, 4) is 0 Å². The molecule has 0 aliphatic heterocycles. The lowest BCUT2D eigenvalue weighted by Crippen LogP contribution is -2.39. The molecule has 0 bridgehead atoms. The van der Waals surface area contributed by atoms with E-state index < -0.39 is 5.41 Å². The van der Waals surface area contributed by atoms with E-state index in [2.05, 4.69) is 20.6 Å². The van der Waals surface area contributed by atoms with E-state index in [1.165, 1.54) is 5.56 Å². The number of hydrogen-bond acceptors (Lipinski definition) is 4. The van der Waals surface area contributed by atoms with Gasteiger partial charge in [-0.05, 0) is 33.1 Å². The number of carbonyl (C=O) groups excluding carboxylic acids is 1. The molecule has 0 radical (unpaired) electrons. The first-order valence-electron chi connectivity index (χ1n) is 6.33. The van der Waals surface area contributed by atoms with Crippen LogP contribution in [0.25, 0.3) is 0 Å². The molecule has 1 aromatic rings. The highest BCUT2D eigenvalue weighted by molar-refractivity contribution is 5.82. The maximum Gasteiger partial charge on any atom is 0.227 e. The number of hydrogen-bond donors (Lipinski definition) is 2. The Balaban J connectivity index is 2.07. The first kappa shape index (κ1) is 12.8. The molecule has 2 N–H and O–H groups in total. The van der Waals surface area contributed by atoms with Crippen LogP contribution in [0.4, 0.5) is 5.82 Å². The Bertz CT molecular complexity index is 456. The molecular weight excluding hydrogens is 228 g/mol. The molecule has 0 spiro atoms. The largest absolute Gasteiger partial charge is 0.369 e. The molecule has 1 aliphatic rings. The van der Waals surface area contributed by atoms with Crippen LogP contribution in [0.2, 0.25) is 0 Å². The van der Waals surface area contributed by atoms with Gasteiger partial charge in [-0.1, -0.05) is 0 Å². The van der Waals surface area contributed by atoms with Gasteiger partial charge in [0.2, 0.25) is 5.91 Å². The van der Waals surface area contributed by atoms with Crippen LogP contribution in [0.3, 0.4) is 0 Å². The monoisotopic (exact) mass is 248 g/mol. The Morgan fingerprint density at radius 2 is 2.17 bits per heavy atom. The number of rotatable bonds is 4. The molecule has 5 nitrogen and oxygen atoms in total. The Morgan fingerprint density at radius 1 is 1.39 bits per heavy atom. The van der Waals surface area contributed by atoms with Gasteiger partial charge in [0, 0.05) is 24.8 Å². The molecule has 0 atom stereocenters. The highest BCUT2D eigenvalue weighted by atomic mass is 16.2. The standard InChI is InChI=1S/C13H20N4O/c1-13(2,12(18)14-3)7-15-11-9-5-4-6-10(9)16-8-17-11/h8H,4-7H2,1-3H3,(H,14,18)(H,15,16,17). The fraction of sp³-hybridized carbons (Fsp3) is 0.615. The fourth-order valence-corrected chi connectivity index (χ4v) is 2.24. The van der Waals surface area contributed by atoms with Gasteiger partial charge in [0.25, 0.3) is 0 Å². The van der Waals surface area contributed by atoms with E-state index >= 15 is 0 Å². The predicted octanol–water partition coefficient (Wildman–Crippen LogP) is 1.15. The predicted molar refractivity (Wildman–Crippen MR) is 70.4 cm³/mol. The van der Waals surface area contributed by atoms with Crippen molar-refractivity contribution in [2.24, 2.45) is 5.41 Å². The molecule has 5 heteroatoms.